The summed E-state index contributed by atoms with van der Waals surface area (Å²) in [5.41, 5.74) is 3.08. The summed E-state index contributed by atoms with van der Waals surface area (Å²) in [5.74, 6) is -1.05. The number of phenolic OH excluding ortho intramolecular Hbond substituents is 1. The quantitative estimate of drug-likeness (QED) is 0.349. The van der Waals surface area contributed by atoms with E-state index in [2.05, 4.69) is 0 Å². The molecule has 0 amide bonds. The standard InChI is InChI=1S/C25H17ClO4S/c26-20-4-2-1-3-16(20)23(28)24-22(17-10-9-15(27)11-21(17)31-24)14-7-5-13(6-8-14)18-12-19(18)25(29)30/h1-11,18-19,27H,12H2,(H,29,30). The van der Waals surface area contributed by atoms with Gasteiger partial charge in [-0.3, -0.25) is 9.59 Å². The molecule has 1 fully saturated rings. The van der Waals surface area contributed by atoms with Crippen LogP contribution in [0.4, 0.5) is 0 Å². The first-order chi connectivity index (χ1) is 14.9. The van der Waals surface area contributed by atoms with Crippen molar-refractivity contribution in [2.45, 2.75) is 12.3 Å². The fourth-order valence-electron chi connectivity index (χ4n) is 4.03. The number of rotatable bonds is 5. The third kappa shape index (κ3) is 3.50. The number of benzene rings is 3. The van der Waals surface area contributed by atoms with Gasteiger partial charge in [-0.1, -0.05) is 48.0 Å². The average Bonchev–Trinajstić information content (AvgIpc) is 3.48. The van der Waals surface area contributed by atoms with E-state index in [4.69, 9.17) is 11.6 Å². The molecule has 6 heteroatoms. The van der Waals surface area contributed by atoms with Crippen molar-refractivity contribution in [1.82, 2.24) is 0 Å². The number of hydrogen-bond donors (Lipinski definition) is 2. The van der Waals surface area contributed by atoms with Crippen molar-refractivity contribution in [2.24, 2.45) is 5.92 Å². The van der Waals surface area contributed by atoms with Crippen molar-refractivity contribution in [2.75, 3.05) is 0 Å². The lowest BCUT2D eigenvalue weighted by molar-refractivity contribution is -0.138. The molecule has 2 unspecified atom stereocenters. The van der Waals surface area contributed by atoms with Gasteiger partial charge >= 0.3 is 5.97 Å². The minimum atomic E-state index is -0.759. The number of aliphatic carboxylic acids is 1. The highest BCUT2D eigenvalue weighted by Gasteiger charge is 2.44. The summed E-state index contributed by atoms with van der Waals surface area (Å²) in [7, 11) is 0. The van der Waals surface area contributed by atoms with Gasteiger partial charge in [-0.15, -0.1) is 11.3 Å². The Hall–Kier alpha value is -3.15. The molecule has 0 radical (unpaired) electrons. The molecule has 0 aliphatic heterocycles. The van der Waals surface area contributed by atoms with Crippen LogP contribution in [0.25, 0.3) is 21.2 Å². The summed E-state index contributed by atoms with van der Waals surface area (Å²) >= 11 is 7.61. The topological polar surface area (TPSA) is 74.6 Å². The number of carbonyl (C=O) groups excluding carboxylic acids is 1. The molecule has 4 nitrogen and oxygen atoms in total. The van der Waals surface area contributed by atoms with Gasteiger partial charge in [0.2, 0.25) is 5.78 Å². The van der Waals surface area contributed by atoms with Crippen LogP contribution in [0.15, 0.2) is 66.7 Å². The van der Waals surface area contributed by atoms with Crippen LogP contribution < -0.4 is 0 Å². The van der Waals surface area contributed by atoms with Crippen LogP contribution in [0.3, 0.4) is 0 Å². The summed E-state index contributed by atoms with van der Waals surface area (Å²) in [6.45, 7) is 0. The highest BCUT2D eigenvalue weighted by atomic mass is 35.5. The fourth-order valence-corrected chi connectivity index (χ4v) is 5.47. The molecule has 1 heterocycles. The first kappa shape index (κ1) is 19.8. The number of carboxylic acids is 1. The van der Waals surface area contributed by atoms with E-state index in [9.17, 15) is 19.8 Å². The first-order valence-electron chi connectivity index (χ1n) is 9.82. The van der Waals surface area contributed by atoms with Crippen molar-refractivity contribution in [3.05, 3.63) is 87.8 Å². The van der Waals surface area contributed by atoms with E-state index in [1.165, 1.54) is 11.3 Å². The number of fused-ring (bicyclic) bond motifs is 1. The largest absolute Gasteiger partial charge is 0.508 e. The number of ketones is 1. The van der Waals surface area contributed by atoms with Gasteiger partial charge in [-0.25, -0.2) is 0 Å². The fraction of sp³-hybridized carbons (Fsp3) is 0.120. The van der Waals surface area contributed by atoms with E-state index in [1.807, 2.05) is 30.3 Å². The van der Waals surface area contributed by atoms with Crippen molar-refractivity contribution in [1.29, 1.82) is 0 Å². The molecule has 0 saturated heterocycles. The Kier molecular flexibility index (Phi) is 4.80. The molecule has 5 rings (SSSR count). The summed E-state index contributed by atoms with van der Waals surface area (Å²) < 4.78 is 0.808. The average molecular weight is 449 g/mol. The van der Waals surface area contributed by atoms with E-state index in [0.717, 1.165) is 26.8 Å². The lowest BCUT2D eigenvalue weighted by Gasteiger charge is -2.08. The van der Waals surface area contributed by atoms with Crippen LogP contribution in [0.2, 0.25) is 5.02 Å². The minimum absolute atomic E-state index is 0.0481. The van der Waals surface area contributed by atoms with Gasteiger partial charge < -0.3 is 10.2 Å². The zero-order valence-corrected chi connectivity index (χ0v) is 17.8. The third-order valence-corrected chi connectivity index (χ3v) is 7.21. The third-order valence-electron chi connectivity index (χ3n) is 5.73. The number of aromatic hydroxyl groups is 1. The number of phenols is 1. The first-order valence-corrected chi connectivity index (χ1v) is 11.0. The molecule has 3 aromatic carbocycles. The Labute approximate surface area is 187 Å². The van der Waals surface area contributed by atoms with Crippen molar-refractivity contribution >= 4 is 44.8 Å². The highest BCUT2D eigenvalue weighted by Crippen LogP contribution is 2.48. The number of carbonyl (C=O) groups is 2. The van der Waals surface area contributed by atoms with Gasteiger partial charge in [-0.2, -0.15) is 0 Å². The number of hydrogen-bond acceptors (Lipinski definition) is 4. The lowest BCUT2D eigenvalue weighted by atomic mass is 9.96. The summed E-state index contributed by atoms with van der Waals surface area (Å²) in [6, 6.07) is 19.8. The zero-order valence-electron chi connectivity index (χ0n) is 16.2. The molecule has 4 aromatic rings. The van der Waals surface area contributed by atoms with E-state index < -0.39 is 5.97 Å². The molecule has 2 N–H and O–H groups in total. The lowest BCUT2D eigenvalue weighted by Crippen LogP contribution is -2.01. The molecule has 2 atom stereocenters. The van der Waals surface area contributed by atoms with Crippen molar-refractivity contribution in [3.8, 4) is 16.9 Å². The number of halogens is 1. The molecule has 1 aliphatic rings. The van der Waals surface area contributed by atoms with Gasteiger partial charge in [-0.05, 0) is 53.8 Å². The van der Waals surface area contributed by atoms with Gasteiger partial charge in [0.25, 0.3) is 0 Å². The molecule has 1 aliphatic carbocycles. The Bertz CT molecular complexity index is 1340. The van der Waals surface area contributed by atoms with E-state index >= 15 is 0 Å². The van der Waals surface area contributed by atoms with Crippen LogP contribution in [0.1, 0.15) is 33.1 Å². The Morgan fingerprint density at radius 2 is 1.74 bits per heavy atom. The predicted octanol–water partition coefficient (Wildman–Crippen LogP) is 6.35. The van der Waals surface area contributed by atoms with Crippen molar-refractivity contribution in [3.63, 3.8) is 0 Å². The van der Waals surface area contributed by atoms with E-state index in [-0.39, 0.29) is 23.4 Å². The predicted molar refractivity (Wildman–Crippen MR) is 122 cm³/mol. The Morgan fingerprint density at radius 3 is 2.42 bits per heavy atom. The summed E-state index contributed by atoms with van der Waals surface area (Å²) in [4.78, 5) is 25.2. The van der Waals surface area contributed by atoms with Crippen LogP contribution in [0, 0.1) is 5.92 Å². The van der Waals surface area contributed by atoms with Crippen molar-refractivity contribution < 1.29 is 19.8 Å². The highest BCUT2D eigenvalue weighted by molar-refractivity contribution is 7.21. The number of carboxylic acid groups (broad SMARTS) is 1. The van der Waals surface area contributed by atoms with Crippen LogP contribution in [0.5, 0.6) is 5.75 Å². The van der Waals surface area contributed by atoms with E-state index in [1.54, 1.807) is 36.4 Å². The molecule has 0 bridgehead atoms. The second kappa shape index (κ2) is 7.52. The normalized spacial score (nSPS) is 17.6. The van der Waals surface area contributed by atoms with Crippen LogP contribution >= 0.6 is 22.9 Å². The van der Waals surface area contributed by atoms with Gasteiger partial charge in [0.05, 0.1) is 15.8 Å². The second-order valence-electron chi connectivity index (χ2n) is 7.70. The Morgan fingerprint density at radius 1 is 1.00 bits per heavy atom. The molecule has 0 spiro atoms. The molecule has 1 saturated carbocycles. The Balaban J connectivity index is 1.62. The minimum Gasteiger partial charge on any atom is -0.508 e. The zero-order chi connectivity index (χ0) is 21.7. The van der Waals surface area contributed by atoms with Gasteiger partial charge in [0, 0.05) is 21.2 Å². The monoisotopic (exact) mass is 448 g/mol. The maximum Gasteiger partial charge on any atom is 0.307 e. The second-order valence-corrected chi connectivity index (χ2v) is 9.16. The molecular weight excluding hydrogens is 432 g/mol. The van der Waals surface area contributed by atoms with Gasteiger partial charge in [0.15, 0.2) is 0 Å². The molecule has 1 aromatic heterocycles. The maximum absolute atomic E-state index is 13.4. The van der Waals surface area contributed by atoms with E-state index in [0.29, 0.717) is 21.9 Å². The molecule has 154 valence electrons. The molecule has 31 heavy (non-hydrogen) atoms. The van der Waals surface area contributed by atoms with Crippen LogP contribution in [-0.2, 0) is 4.79 Å². The smallest absolute Gasteiger partial charge is 0.307 e. The SMILES string of the molecule is O=C(c1ccccc1Cl)c1sc2cc(O)ccc2c1-c1ccc(C2CC2C(=O)O)cc1. The van der Waals surface area contributed by atoms with Crippen LogP contribution in [-0.4, -0.2) is 22.0 Å². The molecular formula is C25H17ClO4S. The summed E-state index contributed by atoms with van der Waals surface area (Å²) in [5, 5.41) is 20.4. The summed E-state index contributed by atoms with van der Waals surface area (Å²) in [6.07, 6.45) is 0.658. The maximum atomic E-state index is 13.4. The van der Waals surface area contributed by atoms with Gasteiger partial charge in [0.1, 0.15) is 5.75 Å². The number of thiophene rings is 1.